The van der Waals surface area contributed by atoms with Gasteiger partial charge in [-0.3, -0.25) is 0 Å². The highest BCUT2D eigenvalue weighted by Crippen LogP contribution is 2.35. The van der Waals surface area contributed by atoms with Crippen LogP contribution in [0.25, 0.3) is 11.1 Å². The summed E-state index contributed by atoms with van der Waals surface area (Å²) in [6, 6.07) is 18.7. The third-order valence-electron chi connectivity index (χ3n) is 11.0. The fraction of sp³-hybridized carbons (Fsp3) is 0.422. The third kappa shape index (κ3) is 9.05. The van der Waals surface area contributed by atoms with Crippen molar-refractivity contribution in [2.75, 3.05) is 6.54 Å². The van der Waals surface area contributed by atoms with Crippen molar-refractivity contribution in [3.05, 3.63) is 142 Å². The molecule has 1 saturated carbocycles. The molecular weight excluding hydrogens is 569 g/mol. The second-order valence-electron chi connectivity index (χ2n) is 14.0. The van der Waals surface area contributed by atoms with Crippen molar-refractivity contribution in [3.63, 3.8) is 0 Å². The first kappa shape index (κ1) is 34.7. The van der Waals surface area contributed by atoms with Crippen LogP contribution in [0.15, 0.2) is 120 Å². The molecule has 0 aliphatic heterocycles. The van der Waals surface area contributed by atoms with Gasteiger partial charge in [0, 0.05) is 12.6 Å². The lowest BCUT2D eigenvalue weighted by Gasteiger charge is -2.34. The largest absolute Gasteiger partial charge is 0.405 e. The number of hydrogen-bond acceptors (Lipinski definition) is 2. The number of benzene rings is 2. The third-order valence-corrected chi connectivity index (χ3v) is 11.0. The summed E-state index contributed by atoms with van der Waals surface area (Å²) in [4.78, 5) is 0. The maximum Gasteiger partial charge on any atom is 0.0321 e. The van der Waals surface area contributed by atoms with E-state index in [2.05, 4.69) is 118 Å². The van der Waals surface area contributed by atoms with Crippen LogP contribution in [-0.4, -0.2) is 12.6 Å². The van der Waals surface area contributed by atoms with Gasteiger partial charge in [-0.15, -0.1) is 0 Å². The van der Waals surface area contributed by atoms with Crippen LogP contribution in [0.4, 0.5) is 0 Å². The number of hydrogen-bond donors (Lipinski definition) is 2. The summed E-state index contributed by atoms with van der Waals surface area (Å²) < 4.78 is 0. The minimum atomic E-state index is 0.456. The van der Waals surface area contributed by atoms with E-state index in [1.54, 1.807) is 17.3 Å². The lowest BCUT2D eigenvalue weighted by Crippen LogP contribution is -2.39. The van der Waals surface area contributed by atoms with E-state index in [0.717, 1.165) is 31.7 Å². The standard InChI is InChI=1S/C45H58N2/c1-5-33(3)31-36(6-2)39(32-47-45-21-14-17-37-16-9-10-18-42(37)45)25-22-34(4)40-28-29-41(44-20-12-11-19-43(40)44)38-26-23-35(24-27-38)15-8-7-13-30-46/h7-8,11-14,17,19-27,30,33,36,42,45,47H,5-6,9-10,15-16,18,28-29,31-32,46H2,1-4H3/b8-7-,30-13-,34-22+,39-25+/t33?,36?,42-,45?/m1/s1. The van der Waals surface area contributed by atoms with Crippen molar-refractivity contribution in [2.24, 2.45) is 23.5 Å². The summed E-state index contributed by atoms with van der Waals surface area (Å²) in [5.41, 5.74) is 15.7. The molecule has 2 aromatic rings. The molecular formula is C45H58N2. The van der Waals surface area contributed by atoms with Crippen molar-refractivity contribution in [1.82, 2.24) is 5.32 Å². The molecule has 3 N–H and O–H groups in total. The van der Waals surface area contributed by atoms with Gasteiger partial charge < -0.3 is 11.1 Å². The van der Waals surface area contributed by atoms with E-state index in [1.165, 1.54) is 83.2 Å². The second-order valence-corrected chi connectivity index (χ2v) is 14.0. The molecule has 0 saturated heterocycles. The van der Waals surface area contributed by atoms with Crippen molar-refractivity contribution in [1.29, 1.82) is 0 Å². The molecule has 0 aromatic heterocycles. The minimum absolute atomic E-state index is 0.456. The molecule has 248 valence electrons. The molecule has 0 heterocycles. The number of nitrogens with two attached hydrogens (primary N) is 1. The summed E-state index contributed by atoms with van der Waals surface area (Å²) >= 11 is 0. The van der Waals surface area contributed by atoms with Gasteiger partial charge in [-0.1, -0.05) is 136 Å². The van der Waals surface area contributed by atoms with Crippen LogP contribution in [0.5, 0.6) is 0 Å². The zero-order valence-corrected chi connectivity index (χ0v) is 29.5. The van der Waals surface area contributed by atoms with E-state index < -0.39 is 0 Å². The molecule has 3 aliphatic carbocycles. The summed E-state index contributed by atoms with van der Waals surface area (Å²) in [7, 11) is 0. The van der Waals surface area contributed by atoms with E-state index >= 15 is 0 Å². The van der Waals surface area contributed by atoms with E-state index in [4.69, 9.17) is 5.73 Å². The van der Waals surface area contributed by atoms with Crippen molar-refractivity contribution in [3.8, 4) is 0 Å². The first-order valence-corrected chi connectivity index (χ1v) is 18.4. The number of rotatable bonds is 14. The molecule has 1 fully saturated rings. The normalized spacial score (nSPS) is 21.6. The fourth-order valence-electron chi connectivity index (χ4n) is 7.89. The number of fused-ring (bicyclic) bond motifs is 2. The second kappa shape index (κ2) is 17.5. The Morgan fingerprint density at radius 3 is 2.51 bits per heavy atom. The maximum atomic E-state index is 5.45. The van der Waals surface area contributed by atoms with Crippen LogP contribution in [0.3, 0.4) is 0 Å². The smallest absolute Gasteiger partial charge is 0.0321 e. The van der Waals surface area contributed by atoms with Crippen molar-refractivity contribution in [2.45, 2.75) is 97.9 Å². The van der Waals surface area contributed by atoms with Crippen molar-refractivity contribution >= 4 is 11.1 Å². The van der Waals surface area contributed by atoms with E-state index in [9.17, 15) is 0 Å². The Labute approximate surface area is 285 Å². The van der Waals surface area contributed by atoms with Gasteiger partial charge in [-0.2, -0.15) is 0 Å². The predicted octanol–water partition coefficient (Wildman–Crippen LogP) is 9.38. The maximum absolute atomic E-state index is 5.45. The van der Waals surface area contributed by atoms with Crippen LogP contribution >= 0.6 is 0 Å². The molecule has 0 bridgehead atoms. The molecule has 47 heavy (non-hydrogen) atoms. The molecule has 3 aliphatic rings. The van der Waals surface area contributed by atoms with Crippen LogP contribution in [-0.2, 0) is 6.42 Å². The lowest BCUT2D eigenvalue weighted by molar-refractivity contribution is 0.364. The zero-order chi connectivity index (χ0) is 33.0. The Bertz CT molecular complexity index is 1640. The quantitative estimate of drug-likeness (QED) is 0.205. The molecule has 0 spiro atoms. The van der Waals surface area contributed by atoms with E-state index in [-0.39, 0.29) is 0 Å². The number of allylic oxidation sites excluding steroid dienone is 8. The Balaban J connectivity index is 1.43. The molecule has 2 aromatic carbocycles. The molecule has 0 amide bonds. The van der Waals surface area contributed by atoms with E-state index in [1.807, 2.05) is 12.2 Å². The monoisotopic (exact) mass is 626 g/mol. The molecule has 2 heteroatoms. The molecule has 3 unspecified atom stereocenters. The zero-order valence-electron chi connectivity index (χ0n) is 29.5. The Kier molecular flexibility index (Phi) is 12.9. The predicted molar refractivity (Wildman–Crippen MR) is 204 cm³/mol. The fourth-order valence-corrected chi connectivity index (χ4v) is 7.89. The van der Waals surface area contributed by atoms with Crippen LogP contribution in [0.2, 0.25) is 0 Å². The number of nitrogens with one attached hydrogen (secondary N) is 1. The first-order chi connectivity index (χ1) is 23.0. The minimum Gasteiger partial charge on any atom is -0.405 e. The summed E-state index contributed by atoms with van der Waals surface area (Å²) in [5.74, 6) is 2.02. The Morgan fingerprint density at radius 1 is 0.936 bits per heavy atom. The van der Waals surface area contributed by atoms with Crippen LogP contribution in [0.1, 0.15) is 96.6 Å². The van der Waals surface area contributed by atoms with Gasteiger partial charge >= 0.3 is 0 Å². The Morgan fingerprint density at radius 2 is 1.74 bits per heavy atom. The molecule has 4 atom stereocenters. The van der Waals surface area contributed by atoms with Gasteiger partial charge in [-0.25, -0.2) is 0 Å². The average molecular weight is 627 g/mol. The van der Waals surface area contributed by atoms with Gasteiger partial charge in [-0.05, 0) is 127 Å². The highest BCUT2D eigenvalue weighted by Gasteiger charge is 2.28. The SMILES string of the molecule is CCC(C)CC(CC)/C(=C/C=C(\C)C1=c2ccccc2=C(c2ccc(C/C=C\C=C/N)cc2)CC1)CNC1C=CC=C2CCCC[C@H]21. The lowest BCUT2D eigenvalue weighted by atomic mass is 9.77. The van der Waals surface area contributed by atoms with Gasteiger partial charge in [0.25, 0.3) is 0 Å². The molecule has 2 nitrogen and oxygen atoms in total. The molecule has 0 radical (unpaired) electrons. The van der Waals surface area contributed by atoms with Gasteiger partial charge in [0.2, 0.25) is 0 Å². The first-order valence-electron chi connectivity index (χ1n) is 18.4. The van der Waals surface area contributed by atoms with Crippen LogP contribution in [0, 0.1) is 17.8 Å². The Hall–Kier alpha value is -3.62. The van der Waals surface area contributed by atoms with Gasteiger partial charge in [0.1, 0.15) is 0 Å². The summed E-state index contributed by atoms with van der Waals surface area (Å²) in [6.45, 7) is 10.4. The topological polar surface area (TPSA) is 38.0 Å². The molecule has 5 rings (SSSR count). The summed E-state index contributed by atoms with van der Waals surface area (Å²) in [5, 5.41) is 6.82. The van der Waals surface area contributed by atoms with Gasteiger partial charge in [0.05, 0.1) is 0 Å². The van der Waals surface area contributed by atoms with Gasteiger partial charge in [0.15, 0.2) is 0 Å². The van der Waals surface area contributed by atoms with Crippen molar-refractivity contribution < 1.29 is 0 Å². The highest BCUT2D eigenvalue weighted by atomic mass is 14.9. The average Bonchev–Trinajstić information content (AvgIpc) is 3.12. The van der Waals surface area contributed by atoms with Crippen LogP contribution < -0.4 is 21.5 Å². The van der Waals surface area contributed by atoms with E-state index in [0.29, 0.717) is 17.9 Å². The summed E-state index contributed by atoms with van der Waals surface area (Å²) in [6.07, 6.45) is 31.7. The highest BCUT2D eigenvalue weighted by molar-refractivity contribution is 5.74.